The number of hydrogen-bond donors (Lipinski definition) is 1. The van der Waals surface area contributed by atoms with Gasteiger partial charge in [0.15, 0.2) is 11.6 Å². The molecule has 0 fully saturated rings. The largest absolute Gasteiger partial charge is 0.342 e. The number of thiazole rings is 1. The van der Waals surface area contributed by atoms with Crippen LogP contribution in [0.3, 0.4) is 0 Å². The number of H-pyrrole nitrogens is 1. The lowest BCUT2D eigenvalue weighted by atomic mass is 10.4. The third kappa shape index (κ3) is 2.12. The van der Waals surface area contributed by atoms with Crippen LogP contribution in [0, 0.1) is 0 Å². The van der Waals surface area contributed by atoms with Crippen LogP contribution < -0.4 is 0 Å². The summed E-state index contributed by atoms with van der Waals surface area (Å²) in [6.07, 6.45) is 10.0. The molecule has 0 bridgehead atoms. The number of rotatable bonds is 4. The molecule has 0 aliphatic carbocycles. The smallest absolute Gasteiger partial charge is 0.176 e. The maximum Gasteiger partial charge on any atom is 0.176 e. The topological polar surface area (TPSA) is 59.4 Å². The van der Waals surface area contributed by atoms with Gasteiger partial charge >= 0.3 is 0 Å². The van der Waals surface area contributed by atoms with Crippen molar-refractivity contribution in [3.63, 3.8) is 0 Å². The van der Waals surface area contributed by atoms with Crippen molar-refractivity contribution in [1.82, 2.24) is 24.5 Å². The van der Waals surface area contributed by atoms with Crippen molar-refractivity contribution in [3.05, 3.63) is 41.4 Å². The van der Waals surface area contributed by atoms with E-state index in [4.69, 9.17) is 0 Å². The molecular formula is C11H11N5S. The average Bonchev–Trinajstić information content (AvgIpc) is 3.09. The number of nitrogens with one attached hydrogen (secondary N) is 1. The van der Waals surface area contributed by atoms with E-state index in [0.717, 1.165) is 29.6 Å². The Morgan fingerprint density at radius 2 is 2.18 bits per heavy atom. The zero-order chi connectivity index (χ0) is 11.5. The van der Waals surface area contributed by atoms with Crippen LogP contribution in [0.4, 0.5) is 0 Å². The summed E-state index contributed by atoms with van der Waals surface area (Å²) in [4.78, 5) is 15.9. The van der Waals surface area contributed by atoms with E-state index in [2.05, 4.69) is 24.5 Å². The van der Waals surface area contributed by atoms with Crippen LogP contribution in [0.5, 0.6) is 0 Å². The van der Waals surface area contributed by atoms with Crippen molar-refractivity contribution in [1.29, 1.82) is 0 Å². The fraction of sp³-hybridized carbons (Fsp3) is 0.182. The molecule has 0 aliphatic rings. The molecule has 0 spiro atoms. The molecule has 0 amide bonds. The number of hydrogen-bond acceptors (Lipinski definition) is 4. The van der Waals surface area contributed by atoms with Gasteiger partial charge in [0.1, 0.15) is 0 Å². The van der Waals surface area contributed by atoms with E-state index in [9.17, 15) is 0 Å². The van der Waals surface area contributed by atoms with Crippen LogP contribution in [0.2, 0.25) is 0 Å². The van der Waals surface area contributed by atoms with Crippen LogP contribution in [-0.2, 0) is 13.0 Å². The van der Waals surface area contributed by atoms with Crippen molar-refractivity contribution >= 4 is 11.3 Å². The lowest BCUT2D eigenvalue weighted by Gasteiger charge is -2.04. The summed E-state index contributed by atoms with van der Waals surface area (Å²) in [5, 5.41) is 3.14. The Bertz CT molecular complexity index is 567. The number of aromatic amines is 1. The van der Waals surface area contributed by atoms with Crippen molar-refractivity contribution in [3.8, 4) is 11.6 Å². The quantitative estimate of drug-likeness (QED) is 0.764. The van der Waals surface area contributed by atoms with Gasteiger partial charge in [-0.2, -0.15) is 0 Å². The van der Waals surface area contributed by atoms with E-state index in [-0.39, 0.29) is 0 Å². The van der Waals surface area contributed by atoms with E-state index in [0.29, 0.717) is 0 Å². The molecule has 1 N–H and O–H groups in total. The van der Waals surface area contributed by atoms with E-state index in [1.54, 1.807) is 29.9 Å². The molecular weight excluding hydrogens is 234 g/mol. The molecule has 3 heterocycles. The summed E-state index contributed by atoms with van der Waals surface area (Å²) >= 11 is 1.68. The summed E-state index contributed by atoms with van der Waals surface area (Å²) < 4.78 is 2.08. The van der Waals surface area contributed by atoms with Crippen molar-refractivity contribution in [2.45, 2.75) is 13.0 Å². The van der Waals surface area contributed by atoms with Crippen LogP contribution in [0.15, 0.2) is 36.4 Å². The first-order valence-electron chi connectivity index (χ1n) is 5.33. The molecule has 0 aromatic carbocycles. The van der Waals surface area contributed by atoms with Gasteiger partial charge in [0.05, 0.1) is 5.01 Å². The zero-order valence-corrected chi connectivity index (χ0v) is 9.89. The molecule has 0 radical (unpaired) electrons. The highest BCUT2D eigenvalue weighted by atomic mass is 32.1. The fourth-order valence-corrected chi connectivity index (χ4v) is 2.30. The van der Waals surface area contributed by atoms with E-state index < -0.39 is 0 Å². The van der Waals surface area contributed by atoms with Gasteiger partial charge in [-0.1, -0.05) is 0 Å². The van der Waals surface area contributed by atoms with Gasteiger partial charge < -0.3 is 9.55 Å². The van der Waals surface area contributed by atoms with E-state index in [1.165, 1.54) is 0 Å². The van der Waals surface area contributed by atoms with Crippen LogP contribution in [0.1, 0.15) is 5.01 Å². The second-order valence-electron chi connectivity index (χ2n) is 3.56. The maximum absolute atomic E-state index is 4.31. The minimum atomic E-state index is 0.800. The normalized spacial score (nSPS) is 10.8. The van der Waals surface area contributed by atoms with Gasteiger partial charge in [-0.3, -0.25) is 0 Å². The van der Waals surface area contributed by atoms with Gasteiger partial charge in [-0.25, -0.2) is 15.0 Å². The Morgan fingerprint density at radius 3 is 2.94 bits per heavy atom. The highest BCUT2D eigenvalue weighted by molar-refractivity contribution is 7.09. The molecule has 3 aromatic rings. The lowest BCUT2D eigenvalue weighted by Crippen LogP contribution is -2.03. The first-order valence-corrected chi connectivity index (χ1v) is 6.21. The Balaban J connectivity index is 1.78. The molecule has 0 atom stereocenters. The number of nitrogens with zero attached hydrogens (tertiary/aromatic N) is 4. The second kappa shape index (κ2) is 4.50. The molecule has 0 aliphatic heterocycles. The molecule has 3 aromatic heterocycles. The van der Waals surface area contributed by atoms with E-state index in [1.807, 2.05) is 17.8 Å². The summed E-state index contributed by atoms with van der Waals surface area (Å²) in [5.74, 6) is 1.67. The Morgan fingerprint density at radius 1 is 1.18 bits per heavy atom. The summed E-state index contributed by atoms with van der Waals surface area (Å²) in [6, 6.07) is 0. The van der Waals surface area contributed by atoms with Crippen molar-refractivity contribution < 1.29 is 0 Å². The van der Waals surface area contributed by atoms with Crippen molar-refractivity contribution in [2.75, 3.05) is 0 Å². The van der Waals surface area contributed by atoms with Gasteiger partial charge in [-0.15, -0.1) is 11.3 Å². The molecule has 86 valence electrons. The maximum atomic E-state index is 4.31. The highest BCUT2D eigenvalue weighted by Gasteiger charge is 2.08. The van der Waals surface area contributed by atoms with Crippen LogP contribution in [-0.4, -0.2) is 24.5 Å². The summed E-state index contributed by atoms with van der Waals surface area (Å²) in [7, 11) is 0. The van der Waals surface area contributed by atoms with Gasteiger partial charge in [0.2, 0.25) is 0 Å². The first kappa shape index (κ1) is 10.2. The average molecular weight is 245 g/mol. The second-order valence-corrected chi connectivity index (χ2v) is 4.54. The minimum Gasteiger partial charge on any atom is -0.342 e. The third-order valence-electron chi connectivity index (χ3n) is 2.48. The zero-order valence-electron chi connectivity index (χ0n) is 9.08. The number of aryl methyl sites for hydroxylation is 2. The number of imidazole rings is 2. The molecule has 3 rings (SSSR count). The van der Waals surface area contributed by atoms with Gasteiger partial charge in [0, 0.05) is 49.3 Å². The third-order valence-corrected chi connectivity index (χ3v) is 3.31. The monoisotopic (exact) mass is 245 g/mol. The molecule has 0 saturated heterocycles. The lowest BCUT2D eigenvalue weighted by molar-refractivity contribution is 0.697. The van der Waals surface area contributed by atoms with E-state index >= 15 is 0 Å². The molecule has 0 unspecified atom stereocenters. The Hall–Kier alpha value is -1.95. The molecule has 6 heteroatoms. The van der Waals surface area contributed by atoms with Crippen LogP contribution in [0.25, 0.3) is 11.6 Å². The fourth-order valence-electron chi connectivity index (χ4n) is 1.69. The highest BCUT2D eigenvalue weighted by Crippen LogP contribution is 2.13. The molecule has 5 nitrogen and oxygen atoms in total. The minimum absolute atomic E-state index is 0.800. The number of aromatic nitrogens is 5. The Kier molecular flexibility index (Phi) is 2.71. The first-order chi connectivity index (χ1) is 8.43. The predicted octanol–water partition coefficient (Wildman–Crippen LogP) is 1.97. The van der Waals surface area contributed by atoms with Gasteiger partial charge in [0.25, 0.3) is 0 Å². The standard InChI is InChI=1S/C11H11N5S/c1(9-12-5-8-17-9)6-16-7-4-15-11(16)10-13-2-3-14-10/h2-5,7-8H,1,6H2,(H,13,14). The predicted molar refractivity (Wildman–Crippen MR) is 65.6 cm³/mol. The molecule has 17 heavy (non-hydrogen) atoms. The molecule has 0 saturated carbocycles. The van der Waals surface area contributed by atoms with Crippen LogP contribution >= 0.6 is 11.3 Å². The Labute approximate surface area is 102 Å². The summed E-state index contributed by atoms with van der Waals surface area (Å²) in [5.41, 5.74) is 0. The van der Waals surface area contributed by atoms with Gasteiger partial charge in [-0.05, 0) is 0 Å². The SMILES string of the molecule is c1c[nH]c(-c2nccn2CCc2nccs2)n1. The van der Waals surface area contributed by atoms with Crippen molar-refractivity contribution in [2.24, 2.45) is 0 Å². The summed E-state index contributed by atoms with van der Waals surface area (Å²) in [6.45, 7) is 0.865.